The average Bonchev–Trinajstić information content (AvgIpc) is 3.49. The number of thiazole rings is 1. The molecule has 0 amide bonds. The number of aryl methyl sites for hydroxylation is 2. The van der Waals surface area contributed by atoms with Gasteiger partial charge in [-0.3, -0.25) is 0 Å². The van der Waals surface area contributed by atoms with Gasteiger partial charge in [-0.1, -0.05) is 35.6 Å². The first-order chi connectivity index (χ1) is 16.1. The summed E-state index contributed by atoms with van der Waals surface area (Å²) in [7, 11) is 1.71. The summed E-state index contributed by atoms with van der Waals surface area (Å²) in [6.07, 6.45) is 0.971. The summed E-state index contributed by atoms with van der Waals surface area (Å²) in [5.41, 5.74) is 5.74. The van der Waals surface area contributed by atoms with E-state index in [9.17, 15) is 0 Å². The van der Waals surface area contributed by atoms with Gasteiger partial charge in [0.25, 0.3) is 6.02 Å². The number of amidine groups is 1. The summed E-state index contributed by atoms with van der Waals surface area (Å²) in [5.74, 6) is 0. The number of benzene rings is 2. The van der Waals surface area contributed by atoms with Crippen LogP contribution in [0.2, 0.25) is 0 Å². The number of piperazine rings is 1. The van der Waals surface area contributed by atoms with Gasteiger partial charge in [0.15, 0.2) is 5.13 Å². The number of fused-ring (bicyclic) bond motifs is 1. The Morgan fingerprint density at radius 1 is 1.06 bits per heavy atom. The van der Waals surface area contributed by atoms with Crippen LogP contribution in [0.25, 0.3) is 10.2 Å². The highest BCUT2D eigenvalue weighted by molar-refractivity contribution is 7.22. The van der Waals surface area contributed by atoms with E-state index in [0.29, 0.717) is 6.02 Å². The third kappa shape index (κ3) is 4.89. The van der Waals surface area contributed by atoms with Crippen molar-refractivity contribution in [3.8, 4) is 0 Å². The molecule has 1 aliphatic heterocycles. The van der Waals surface area contributed by atoms with E-state index in [-0.39, 0.29) is 0 Å². The lowest BCUT2D eigenvalue weighted by molar-refractivity contribution is 0.271. The second-order valence-electron chi connectivity index (χ2n) is 8.42. The lowest BCUT2D eigenvalue weighted by Crippen LogP contribution is -2.49. The molecule has 7 heteroatoms. The molecule has 0 saturated carbocycles. The molecule has 0 spiro atoms. The molecule has 0 unspecified atom stereocenters. The Labute approximate surface area is 203 Å². The summed E-state index contributed by atoms with van der Waals surface area (Å²) in [6.45, 7) is 7.69. The summed E-state index contributed by atoms with van der Waals surface area (Å²) in [4.78, 5) is 15.8. The van der Waals surface area contributed by atoms with Gasteiger partial charge >= 0.3 is 0 Å². The molecular formula is C26H28N4OS2. The topological polar surface area (TPSA) is 41.0 Å². The van der Waals surface area contributed by atoms with Crippen molar-refractivity contribution in [2.75, 3.05) is 38.2 Å². The van der Waals surface area contributed by atoms with Crippen LogP contribution in [0.1, 0.15) is 21.6 Å². The third-order valence-electron chi connectivity index (χ3n) is 5.98. The van der Waals surface area contributed by atoms with Crippen molar-refractivity contribution < 1.29 is 4.74 Å². The number of nitrogens with zero attached hydrogens (tertiary/aromatic N) is 4. The van der Waals surface area contributed by atoms with E-state index < -0.39 is 0 Å². The maximum atomic E-state index is 5.68. The molecular weight excluding hydrogens is 448 g/mol. The fraction of sp³-hybridized carbons (Fsp3) is 0.308. The first-order valence-electron chi connectivity index (χ1n) is 11.2. The minimum atomic E-state index is 0.686. The van der Waals surface area contributed by atoms with Gasteiger partial charge in [-0.15, -0.1) is 11.3 Å². The van der Waals surface area contributed by atoms with Crippen LogP contribution in [0.4, 0.5) is 10.8 Å². The van der Waals surface area contributed by atoms with Crippen LogP contribution in [0.15, 0.2) is 58.9 Å². The lowest BCUT2D eigenvalue weighted by atomic mass is 10.1. The number of hydrogen-bond acceptors (Lipinski definition) is 6. The molecule has 170 valence electrons. The van der Waals surface area contributed by atoms with Gasteiger partial charge in [0.1, 0.15) is 0 Å². The van der Waals surface area contributed by atoms with Gasteiger partial charge in [0, 0.05) is 37.5 Å². The van der Waals surface area contributed by atoms with E-state index in [1.54, 1.807) is 29.8 Å². The molecule has 2 aromatic carbocycles. The van der Waals surface area contributed by atoms with Crippen LogP contribution < -0.4 is 4.90 Å². The minimum absolute atomic E-state index is 0.686. The van der Waals surface area contributed by atoms with Crippen LogP contribution >= 0.6 is 22.7 Å². The fourth-order valence-electron chi connectivity index (χ4n) is 4.10. The van der Waals surface area contributed by atoms with Crippen molar-refractivity contribution in [3.05, 3.63) is 75.5 Å². The molecule has 0 N–H and O–H groups in total. The number of thiophene rings is 1. The number of methoxy groups -OCH3 is 1. The minimum Gasteiger partial charge on any atom is -0.468 e. The van der Waals surface area contributed by atoms with E-state index in [1.807, 2.05) is 0 Å². The highest BCUT2D eigenvalue weighted by atomic mass is 32.1. The highest BCUT2D eigenvalue weighted by Gasteiger charge is 2.23. The first kappa shape index (κ1) is 21.9. The zero-order valence-electron chi connectivity index (χ0n) is 19.2. The SMILES string of the molecule is COC(=Nc1cc(C)ccc1C)N1CCN(c2nc3cc(Cc4cccs4)ccc3s2)CC1. The average molecular weight is 477 g/mol. The Bertz CT molecular complexity index is 1270. The highest BCUT2D eigenvalue weighted by Crippen LogP contribution is 2.31. The van der Waals surface area contributed by atoms with Crippen molar-refractivity contribution in [2.24, 2.45) is 4.99 Å². The molecule has 0 bridgehead atoms. The Kier molecular flexibility index (Phi) is 6.33. The third-order valence-corrected chi connectivity index (χ3v) is 7.96. The maximum Gasteiger partial charge on any atom is 0.292 e. The van der Waals surface area contributed by atoms with E-state index >= 15 is 0 Å². The van der Waals surface area contributed by atoms with Crippen LogP contribution in [-0.2, 0) is 11.2 Å². The molecule has 3 heterocycles. The monoisotopic (exact) mass is 476 g/mol. The summed E-state index contributed by atoms with van der Waals surface area (Å²) >= 11 is 3.59. The Hall–Kier alpha value is -2.90. The van der Waals surface area contributed by atoms with Gasteiger partial charge in [-0.05, 0) is 60.2 Å². The molecule has 1 fully saturated rings. The van der Waals surface area contributed by atoms with Crippen molar-refractivity contribution in [1.29, 1.82) is 0 Å². The number of aliphatic imine (C=N–C) groups is 1. The Balaban J connectivity index is 1.28. The molecule has 1 saturated heterocycles. The molecule has 4 aromatic rings. The molecule has 1 aliphatic rings. The van der Waals surface area contributed by atoms with Crippen molar-refractivity contribution >= 4 is 49.7 Å². The molecule has 0 radical (unpaired) electrons. The van der Waals surface area contributed by atoms with Gasteiger partial charge < -0.3 is 14.5 Å². The summed E-state index contributed by atoms with van der Waals surface area (Å²) in [5, 5.41) is 3.24. The molecule has 5 nitrogen and oxygen atoms in total. The number of aromatic nitrogens is 1. The summed E-state index contributed by atoms with van der Waals surface area (Å²) < 4.78 is 6.93. The zero-order valence-corrected chi connectivity index (χ0v) is 20.9. The maximum absolute atomic E-state index is 5.68. The molecule has 0 aliphatic carbocycles. The van der Waals surface area contributed by atoms with Crippen molar-refractivity contribution in [1.82, 2.24) is 9.88 Å². The van der Waals surface area contributed by atoms with Crippen LogP contribution in [0.5, 0.6) is 0 Å². The number of rotatable bonds is 4. The number of anilines is 1. The second kappa shape index (κ2) is 9.53. The normalized spacial score (nSPS) is 14.8. The molecule has 5 rings (SSSR count). The lowest BCUT2D eigenvalue weighted by Gasteiger charge is -2.35. The van der Waals surface area contributed by atoms with Crippen molar-refractivity contribution in [2.45, 2.75) is 20.3 Å². The van der Waals surface area contributed by atoms with E-state index in [0.717, 1.165) is 54.5 Å². The standard InChI is InChI=1S/C26H28N4OS2/c1-18-6-7-19(2)22(15-18)27-25(31-3)29-10-12-30(13-11-29)26-28-23-17-20(8-9-24(23)33-26)16-21-5-4-14-32-21/h4-9,14-15,17H,10-13,16H2,1-3H3. The molecule has 2 aromatic heterocycles. The Morgan fingerprint density at radius 3 is 2.67 bits per heavy atom. The number of hydrogen-bond donors (Lipinski definition) is 0. The van der Waals surface area contributed by atoms with Gasteiger partial charge in [-0.2, -0.15) is 4.99 Å². The van der Waals surface area contributed by atoms with Gasteiger partial charge in [0.2, 0.25) is 0 Å². The van der Waals surface area contributed by atoms with E-state index in [2.05, 4.69) is 77.6 Å². The van der Waals surface area contributed by atoms with Crippen molar-refractivity contribution in [3.63, 3.8) is 0 Å². The van der Waals surface area contributed by atoms with E-state index in [4.69, 9.17) is 14.7 Å². The fourth-order valence-corrected chi connectivity index (χ4v) is 5.83. The quantitative estimate of drug-likeness (QED) is 0.267. The van der Waals surface area contributed by atoms with Crippen LogP contribution in [0, 0.1) is 13.8 Å². The first-order valence-corrected chi connectivity index (χ1v) is 12.9. The van der Waals surface area contributed by atoms with Crippen LogP contribution in [0.3, 0.4) is 0 Å². The largest absolute Gasteiger partial charge is 0.468 e. The molecule has 33 heavy (non-hydrogen) atoms. The van der Waals surface area contributed by atoms with Crippen LogP contribution in [-0.4, -0.2) is 49.2 Å². The predicted molar refractivity (Wildman–Crippen MR) is 141 cm³/mol. The summed E-state index contributed by atoms with van der Waals surface area (Å²) in [6, 6.07) is 18.0. The van der Waals surface area contributed by atoms with E-state index in [1.165, 1.54) is 20.7 Å². The number of ether oxygens (including phenoxy) is 1. The Morgan fingerprint density at radius 2 is 1.91 bits per heavy atom. The predicted octanol–water partition coefficient (Wildman–Crippen LogP) is 6.02. The zero-order chi connectivity index (χ0) is 22.8. The smallest absolute Gasteiger partial charge is 0.292 e. The second-order valence-corrected chi connectivity index (χ2v) is 10.5. The molecule has 0 atom stereocenters. The van der Waals surface area contributed by atoms with Gasteiger partial charge in [-0.25, -0.2) is 4.98 Å². The van der Waals surface area contributed by atoms with Gasteiger partial charge in [0.05, 0.1) is 23.0 Å².